The maximum atomic E-state index is 13.0. The van der Waals surface area contributed by atoms with E-state index in [0.717, 1.165) is 5.56 Å². The van der Waals surface area contributed by atoms with Gasteiger partial charge in [-0.05, 0) is 62.4 Å². The Morgan fingerprint density at radius 2 is 1.59 bits per heavy atom. The average Bonchev–Trinajstić information content (AvgIpc) is 3.26. The van der Waals surface area contributed by atoms with E-state index in [1.807, 2.05) is 48.9 Å². The van der Waals surface area contributed by atoms with Gasteiger partial charge in [-0.3, -0.25) is 0 Å². The lowest BCUT2D eigenvalue weighted by Crippen LogP contribution is -2.33. The molecule has 0 N–H and O–H groups in total. The normalized spacial score (nSPS) is 24.9. The van der Waals surface area contributed by atoms with Crippen molar-refractivity contribution < 1.29 is 18.6 Å². The topological polar surface area (TPSA) is 45.5 Å². The van der Waals surface area contributed by atoms with Crippen LogP contribution in [-0.2, 0) is 21.8 Å². The van der Waals surface area contributed by atoms with Gasteiger partial charge in [0.1, 0.15) is 17.3 Å². The Morgan fingerprint density at radius 3 is 2.15 bits per heavy atom. The van der Waals surface area contributed by atoms with Crippen molar-refractivity contribution in [3.63, 3.8) is 0 Å². The maximum absolute atomic E-state index is 13.0. The van der Waals surface area contributed by atoms with Crippen LogP contribution in [0.25, 0.3) is 0 Å². The molecule has 0 bridgehead atoms. The second-order valence-electron chi connectivity index (χ2n) is 6.71. The first-order chi connectivity index (χ1) is 13.0. The zero-order chi connectivity index (χ0) is 18.9. The Labute approximate surface area is 157 Å². The first kappa shape index (κ1) is 17.7. The Balaban J connectivity index is 1.58. The van der Waals surface area contributed by atoms with Crippen LogP contribution in [0.1, 0.15) is 19.4 Å². The molecule has 1 aliphatic heterocycles. The van der Waals surface area contributed by atoms with Crippen LogP contribution in [0.5, 0.6) is 11.5 Å². The summed E-state index contributed by atoms with van der Waals surface area (Å²) in [6.07, 6.45) is 5.31. The van der Waals surface area contributed by atoms with Gasteiger partial charge in [0.2, 0.25) is 5.79 Å². The monoisotopic (exact) mass is 368 g/mol. The standard InChI is InChI=1S/C21H21FN2O3/c1-15-16(2)27-21(26-15,13-24-12-11-23-14-24)17-3-7-19(8-4-17)25-20-9-5-18(22)6-10-20/h3-12,14-16H,13H2,1-2H3. The second-order valence-corrected chi connectivity index (χ2v) is 6.71. The predicted octanol–water partition coefficient (Wildman–Crippen LogP) is 4.49. The van der Waals surface area contributed by atoms with Gasteiger partial charge in [0, 0.05) is 18.0 Å². The van der Waals surface area contributed by atoms with Gasteiger partial charge in [-0.15, -0.1) is 0 Å². The summed E-state index contributed by atoms with van der Waals surface area (Å²) >= 11 is 0. The van der Waals surface area contributed by atoms with Crippen LogP contribution >= 0.6 is 0 Å². The molecule has 0 amide bonds. The first-order valence-electron chi connectivity index (χ1n) is 8.89. The van der Waals surface area contributed by atoms with Crippen molar-refractivity contribution in [1.82, 2.24) is 9.55 Å². The van der Waals surface area contributed by atoms with E-state index in [4.69, 9.17) is 14.2 Å². The highest BCUT2D eigenvalue weighted by molar-refractivity contribution is 5.35. The van der Waals surface area contributed by atoms with Crippen molar-refractivity contribution in [3.05, 3.63) is 78.6 Å². The van der Waals surface area contributed by atoms with E-state index in [1.165, 1.54) is 12.1 Å². The van der Waals surface area contributed by atoms with Crippen LogP contribution in [0.2, 0.25) is 0 Å². The number of rotatable bonds is 5. The molecule has 1 saturated heterocycles. The molecule has 2 aromatic carbocycles. The van der Waals surface area contributed by atoms with E-state index in [0.29, 0.717) is 18.0 Å². The second kappa shape index (κ2) is 7.13. The fourth-order valence-corrected chi connectivity index (χ4v) is 3.16. The quantitative estimate of drug-likeness (QED) is 0.666. The molecule has 0 aliphatic carbocycles. The third-order valence-corrected chi connectivity index (χ3v) is 4.71. The molecule has 0 saturated carbocycles. The minimum atomic E-state index is -0.881. The number of imidazole rings is 1. The average molecular weight is 368 g/mol. The summed E-state index contributed by atoms with van der Waals surface area (Å²) in [5.74, 6) is 0.0570. The molecular weight excluding hydrogens is 347 g/mol. The van der Waals surface area contributed by atoms with Crippen molar-refractivity contribution >= 4 is 0 Å². The zero-order valence-electron chi connectivity index (χ0n) is 15.2. The van der Waals surface area contributed by atoms with Crippen LogP contribution in [0.4, 0.5) is 4.39 Å². The summed E-state index contributed by atoms with van der Waals surface area (Å²) in [6.45, 7) is 4.51. The van der Waals surface area contributed by atoms with Crippen LogP contribution < -0.4 is 4.74 Å². The molecule has 1 aliphatic rings. The van der Waals surface area contributed by atoms with Crippen molar-refractivity contribution in [3.8, 4) is 11.5 Å². The molecule has 27 heavy (non-hydrogen) atoms. The fraction of sp³-hybridized carbons (Fsp3) is 0.286. The Hall–Kier alpha value is -2.70. The van der Waals surface area contributed by atoms with Gasteiger partial charge >= 0.3 is 0 Å². The van der Waals surface area contributed by atoms with Crippen molar-refractivity contribution in [1.29, 1.82) is 0 Å². The van der Waals surface area contributed by atoms with E-state index >= 15 is 0 Å². The molecular formula is C21H21FN2O3. The van der Waals surface area contributed by atoms with Gasteiger partial charge in [0.25, 0.3) is 0 Å². The number of halogens is 1. The molecule has 5 nitrogen and oxygen atoms in total. The number of aromatic nitrogens is 2. The molecule has 2 heterocycles. The van der Waals surface area contributed by atoms with Gasteiger partial charge in [0.15, 0.2) is 0 Å². The summed E-state index contributed by atoms with van der Waals surface area (Å²) in [5, 5.41) is 0. The molecule has 3 aromatic rings. The molecule has 6 heteroatoms. The SMILES string of the molecule is CC1OC(Cn2ccnc2)(c2ccc(Oc3ccc(F)cc3)cc2)OC1C. The number of nitrogens with zero attached hydrogens (tertiary/aromatic N) is 2. The number of hydrogen-bond donors (Lipinski definition) is 0. The lowest BCUT2D eigenvalue weighted by atomic mass is 10.1. The van der Waals surface area contributed by atoms with Gasteiger partial charge in [0.05, 0.1) is 25.1 Å². The largest absolute Gasteiger partial charge is 0.457 e. The third-order valence-electron chi connectivity index (χ3n) is 4.71. The Morgan fingerprint density at radius 1 is 1.00 bits per heavy atom. The van der Waals surface area contributed by atoms with E-state index < -0.39 is 5.79 Å². The van der Waals surface area contributed by atoms with E-state index in [2.05, 4.69) is 4.98 Å². The van der Waals surface area contributed by atoms with Gasteiger partial charge in [-0.2, -0.15) is 0 Å². The van der Waals surface area contributed by atoms with Gasteiger partial charge in [-0.1, -0.05) is 0 Å². The van der Waals surface area contributed by atoms with Crippen LogP contribution in [0, 0.1) is 5.82 Å². The van der Waals surface area contributed by atoms with Crippen molar-refractivity contribution in [2.75, 3.05) is 0 Å². The highest BCUT2D eigenvalue weighted by Crippen LogP contribution is 2.39. The van der Waals surface area contributed by atoms with Crippen molar-refractivity contribution in [2.45, 2.75) is 38.4 Å². The Kier molecular flexibility index (Phi) is 4.68. The fourth-order valence-electron chi connectivity index (χ4n) is 3.16. The minimum absolute atomic E-state index is 0.0244. The molecule has 0 spiro atoms. The highest BCUT2D eigenvalue weighted by Gasteiger charge is 2.45. The third kappa shape index (κ3) is 3.72. The number of hydrogen-bond acceptors (Lipinski definition) is 4. The number of benzene rings is 2. The smallest absolute Gasteiger partial charge is 0.214 e. The molecule has 1 aromatic heterocycles. The Bertz CT molecular complexity index is 869. The summed E-state index contributed by atoms with van der Waals surface area (Å²) in [7, 11) is 0. The molecule has 4 rings (SSSR count). The molecule has 2 unspecified atom stereocenters. The molecule has 1 fully saturated rings. The minimum Gasteiger partial charge on any atom is -0.457 e. The van der Waals surface area contributed by atoms with Crippen LogP contribution in [0.3, 0.4) is 0 Å². The molecule has 140 valence electrons. The van der Waals surface area contributed by atoms with Gasteiger partial charge < -0.3 is 18.8 Å². The van der Waals surface area contributed by atoms with E-state index in [-0.39, 0.29) is 18.0 Å². The summed E-state index contributed by atoms with van der Waals surface area (Å²) in [6, 6.07) is 13.5. The summed E-state index contributed by atoms with van der Waals surface area (Å²) < 4.78 is 33.2. The summed E-state index contributed by atoms with van der Waals surface area (Å²) in [5.41, 5.74) is 0.902. The lowest BCUT2D eigenvalue weighted by molar-refractivity contribution is -0.192. The van der Waals surface area contributed by atoms with Gasteiger partial charge in [-0.25, -0.2) is 9.37 Å². The molecule has 2 atom stereocenters. The predicted molar refractivity (Wildman–Crippen MR) is 97.9 cm³/mol. The zero-order valence-corrected chi connectivity index (χ0v) is 15.2. The van der Waals surface area contributed by atoms with Crippen molar-refractivity contribution in [2.24, 2.45) is 0 Å². The molecule has 0 radical (unpaired) electrons. The lowest BCUT2D eigenvalue weighted by Gasteiger charge is -2.29. The highest BCUT2D eigenvalue weighted by atomic mass is 19.1. The number of ether oxygens (including phenoxy) is 3. The van der Waals surface area contributed by atoms with Crippen LogP contribution in [0.15, 0.2) is 67.3 Å². The first-order valence-corrected chi connectivity index (χ1v) is 8.89. The van der Waals surface area contributed by atoms with E-state index in [1.54, 1.807) is 24.7 Å². The van der Waals surface area contributed by atoms with E-state index in [9.17, 15) is 4.39 Å². The van der Waals surface area contributed by atoms with Crippen LogP contribution in [-0.4, -0.2) is 21.8 Å². The maximum Gasteiger partial charge on any atom is 0.214 e. The summed E-state index contributed by atoms with van der Waals surface area (Å²) in [4.78, 5) is 4.10.